The van der Waals surface area contributed by atoms with Crippen molar-refractivity contribution >= 4 is 34.8 Å². The highest BCUT2D eigenvalue weighted by atomic mass is 35.5. The van der Waals surface area contributed by atoms with Crippen LogP contribution in [0.25, 0.3) is 0 Å². The van der Waals surface area contributed by atoms with Crippen molar-refractivity contribution in [3.05, 3.63) is 53.1 Å². The number of hydrogen-bond acceptors (Lipinski definition) is 6. The predicted octanol–water partition coefficient (Wildman–Crippen LogP) is 2.36. The van der Waals surface area contributed by atoms with E-state index in [0.717, 1.165) is 4.90 Å². The summed E-state index contributed by atoms with van der Waals surface area (Å²) in [4.78, 5) is 32.1. The summed E-state index contributed by atoms with van der Waals surface area (Å²) in [7, 11) is 0. The Morgan fingerprint density at radius 2 is 1.77 bits per heavy atom. The number of fused-ring (bicyclic) bond motifs is 2. The molecule has 1 saturated heterocycles. The molecule has 130 valence electrons. The second kappa shape index (κ2) is 5.47. The van der Waals surface area contributed by atoms with Gasteiger partial charge in [-0.1, -0.05) is 28.9 Å². The fourth-order valence-corrected chi connectivity index (χ4v) is 3.44. The average molecular weight is 371 g/mol. The Balaban J connectivity index is 1.50. The van der Waals surface area contributed by atoms with Crippen LogP contribution in [0.4, 0.5) is 5.69 Å². The van der Waals surface area contributed by atoms with Gasteiger partial charge in [-0.2, -0.15) is 0 Å². The third-order valence-electron chi connectivity index (χ3n) is 4.57. The normalized spacial score (nSPS) is 23.1. The molecular formula is C18H11ClN2O5. The summed E-state index contributed by atoms with van der Waals surface area (Å²) < 4.78 is 10.6. The molecule has 2 atom stereocenters. The van der Waals surface area contributed by atoms with E-state index in [1.165, 1.54) is 0 Å². The molecule has 2 amide bonds. The summed E-state index contributed by atoms with van der Waals surface area (Å²) in [6.07, 6.45) is -0.960. The van der Waals surface area contributed by atoms with Gasteiger partial charge in [0.15, 0.2) is 11.5 Å². The number of nitrogens with zero attached hydrogens (tertiary/aromatic N) is 2. The highest BCUT2D eigenvalue weighted by Gasteiger charge is 2.56. The summed E-state index contributed by atoms with van der Waals surface area (Å²) in [5, 5.41) is 4.54. The summed E-state index contributed by atoms with van der Waals surface area (Å²) in [6, 6.07) is 11.8. The first-order chi connectivity index (χ1) is 12.6. The second-order valence-electron chi connectivity index (χ2n) is 6.04. The Hall–Kier alpha value is -3.06. The smallest absolute Gasteiger partial charge is 0.278 e. The van der Waals surface area contributed by atoms with Crippen molar-refractivity contribution < 1.29 is 23.9 Å². The third kappa shape index (κ3) is 2.10. The summed E-state index contributed by atoms with van der Waals surface area (Å²) >= 11 is 5.91. The maximum absolute atomic E-state index is 13.0. The summed E-state index contributed by atoms with van der Waals surface area (Å²) in [5.74, 6) is -0.550. The Labute approximate surface area is 152 Å². The minimum Gasteiger partial charge on any atom is -0.454 e. The van der Waals surface area contributed by atoms with Crippen LogP contribution < -0.4 is 14.4 Å². The first-order valence-electron chi connectivity index (χ1n) is 7.90. The van der Waals surface area contributed by atoms with Crippen LogP contribution in [-0.2, 0) is 14.4 Å². The number of benzene rings is 2. The molecule has 0 spiro atoms. The molecule has 2 aromatic carbocycles. The van der Waals surface area contributed by atoms with Gasteiger partial charge in [0.05, 0.1) is 5.69 Å². The van der Waals surface area contributed by atoms with E-state index in [4.69, 9.17) is 25.9 Å². The number of hydrogen-bond donors (Lipinski definition) is 0. The van der Waals surface area contributed by atoms with Crippen molar-refractivity contribution in [2.24, 2.45) is 11.1 Å². The van der Waals surface area contributed by atoms with Crippen LogP contribution in [-0.4, -0.2) is 30.4 Å². The molecule has 0 saturated carbocycles. The van der Waals surface area contributed by atoms with E-state index in [9.17, 15) is 9.59 Å². The van der Waals surface area contributed by atoms with Gasteiger partial charge in [-0.05, 0) is 24.3 Å². The molecule has 5 rings (SSSR count). The molecule has 0 aromatic heterocycles. The minimum absolute atomic E-state index is 0.114. The molecule has 0 bridgehead atoms. The number of amides is 2. The van der Waals surface area contributed by atoms with Gasteiger partial charge in [0.25, 0.3) is 5.91 Å². The van der Waals surface area contributed by atoms with Gasteiger partial charge >= 0.3 is 0 Å². The van der Waals surface area contributed by atoms with Crippen LogP contribution in [0.5, 0.6) is 11.5 Å². The van der Waals surface area contributed by atoms with Crippen molar-refractivity contribution in [2.75, 3.05) is 11.7 Å². The molecule has 26 heavy (non-hydrogen) atoms. The van der Waals surface area contributed by atoms with Gasteiger partial charge in [-0.15, -0.1) is 0 Å². The first kappa shape index (κ1) is 15.2. The average Bonchev–Trinajstić information content (AvgIpc) is 3.33. The maximum atomic E-state index is 13.0. The maximum Gasteiger partial charge on any atom is 0.278 e. The lowest BCUT2D eigenvalue weighted by atomic mass is 9.94. The lowest BCUT2D eigenvalue weighted by Gasteiger charge is -2.15. The van der Waals surface area contributed by atoms with Crippen molar-refractivity contribution in [1.29, 1.82) is 0 Å². The molecule has 2 aromatic rings. The number of carbonyl (C=O) groups is 2. The molecule has 0 N–H and O–H groups in total. The quantitative estimate of drug-likeness (QED) is 0.758. The van der Waals surface area contributed by atoms with Gasteiger partial charge in [0.1, 0.15) is 11.6 Å². The van der Waals surface area contributed by atoms with E-state index >= 15 is 0 Å². The van der Waals surface area contributed by atoms with Gasteiger partial charge in [-0.25, -0.2) is 4.90 Å². The van der Waals surface area contributed by atoms with Crippen LogP contribution in [0.1, 0.15) is 5.56 Å². The molecular weight excluding hydrogens is 360 g/mol. The number of ether oxygens (including phenoxy) is 2. The zero-order chi connectivity index (χ0) is 17.8. The second-order valence-corrected chi connectivity index (χ2v) is 6.47. The highest BCUT2D eigenvalue weighted by molar-refractivity contribution is 6.33. The summed E-state index contributed by atoms with van der Waals surface area (Å²) in [5.41, 5.74) is 1.53. The van der Waals surface area contributed by atoms with Crippen molar-refractivity contribution in [3.63, 3.8) is 0 Å². The Kier molecular flexibility index (Phi) is 3.20. The lowest BCUT2D eigenvalue weighted by Crippen LogP contribution is -2.33. The van der Waals surface area contributed by atoms with Crippen LogP contribution in [0.2, 0.25) is 5.02 Å². The number of carbonyl (C=O) groups excluding carboxylic acids is 2. The Morgan fingerprint density at radius 1 is 1.00 bits per heavy atom. The fourth-order valence-electron chi connectivity index (χ4n) is 3.32. The number of halogens is 1. The molecule has 7 nitrogen and oxygen atoms in total. The zero-order valence-corrected chi connectivity index (χ0v) is 14.0. The van der Waals surface area contributed by atoms with E-state index in [-0.39, 0.29) is 12.7 Å². The Morgan fingerprint density at radius 3 is 2.58 bits per heavy atom. The Bertz CT molecular complexity index is 972. The fraction of sp³-hybridized carbons (Fsp3) is 0.167. The van der Waals surface area contributed by atoms with Crippen molar-refractivity contribution in [3.8, 4) is 11.5 Å². The molecule has 3 aliphatic heterocycles. The van der Waals surface area contributed by atoms with E-state index < -0.39 is 17.9 Å². The molecule has 8 heteroatoms. The number of oxime groups is 1. The molecule has 1 fully saturated rings. The molecule has 0 radical (unpaired) electrons. The van der Waals surface area contributed by atoms with Gasteiger partial charge < -0.3 is 14.3 Å². The number of rotatable bonds is 2. The standard InChI is InChI=1S/C18H11ClN2O5/c19-10-3-1-9(2-4-10)15-14-16(26-20-15)18(23)21(17(14)22)11-5-6-12-13(7-11)25-8-24-12/h1-7,14,16H,8H2/t14-,16+/m0/s1. The van der Waals surface area contributed by atoms with Crippen LogP contribution in [0.3, 0.4) is 0 Å². The predicted molar refractivity (Wildman–Crippen MR) is 91.4 cm³/mol. The van der Waals surface area contributed by atoms with E-state index in [0.29, 0.717) is 33.5 Å². The SMILES string of the molecule is O=C1[C@H]2C(c3ccc(Cl)cc3)=NO[C@H]2C(=O)N1c1ccc2c(c1)OCO2. The van der Waals surface area contributed by atoms with Gasteiger partial charge in [0, 0.05) is 16.7 Å². The van der Waals surface area contributed by atoms with Gasteiger partial charge in [-0.3, -0.25) is 9.59 Å². The van der Waals surface area contributed by atoms with Crippen LogP contribution in [0, 0.1) is 5.92 Å². The molecule has 0 unspecified atom stereocenters. The van der Waals surface area contributed by atoms with E-state index in [1.54, 1.807) is 42.5 Å². The highest BCUT2D eigenvalue weighted by Crippen LogP contribution is 2.40. The van der Waals surface area contributed by atoms with E-state index in [1.807, 2.05) is 0 Å². The number of anilines is 1. The number of imide groups is 1. The molecule has 3 heterocycles. The van der Waals surface area contributed by atoms with Crippen LogP contribution in [0.15, 0.2) is 47.6 Å². The van der Waals surface area contributed by atoms with Crippen molar-refractivity contribution in [1.82, 2.24) is 0 Å². The molecule has 0 aliphatic carbocycles. The minimum atomic E-state index is -0.960. The van der Waals surface area contributed by atoms with Gasteiger partial charge in [0.2, 0.25) is 18.8 Å². The summed E-state index contributed by atoms with van der Waals surface area (Å²) in [6.45, 7) is 0.114. The van der Waals surface area contributed by atoms with Crippen LogP contribution >= 0.6 is 11.6 Å². The first-order valence-corrected chi connectivity index (χ1v) is 8.28. The largest absolute Gasteiger partial charge is 0.454 e. The van der Waals surface area contributed by atoms with Crippen molar-refractivity contribution in [2.45, 2.75) is 6.10 Å². The third-order valence-corrected chi connectivity index (χ3v) is 4.82. The van der Waals surface area contributed by atoms with E-state index in [2.05, 4.69) is 5.16 Å². The molecule has 3 aliphatic rings. The zero-order valence-electron chi connectivity index (χ0n) is 13.2. The topological polar surface area (TPSA) is 77.4 Å². The lowest BCUT2D eigenvalue weighted by molar-refractivity contribution is -0.126. The monoisotopic (exact) mass is 370 g/mol.